The van der Waals surface area contributed by atoms with Crippen molar-refractivity contribution in [2.75, 3.05) is 39.3 Å². The van der Waals surface area contributed by atoms with Crippen molar-refractivity contribution < 1.29 is 23.1 Å². The van der Waals surface area contributed by atoms with Crippen molar-refractivity contribution in [1.29, 1.82) is 0 Å². The van der Waals surface area contributed by atoms with Crippen LogP contribution in [0.4, 0.5) is 8.78 Å². The molecule has 132 valence electrons. The van der Waals surface area contributed by atoms with E-state index in [0.29, 0.717) is 44.8 Å². The molecule has 1 saturated heterocycles. The molecule has 1 aliphatic rings. The van der Waals surface area contributed by atoms with Gasteiger partial charge in [0.15, 0.2) is 0 Å². The normalized spacial score (nSPS) is 15.4. The first kappa shape index (κ1) is 18.1. The van der Waals surface area contributed by atoms with Gasteiger partial charge in [-0.3, -0.25) is 14.5 Å². The Bertz CT molecular complexity index is 558. The van der Waals surface area contributed by atoms with Gasteiger partial charge in [0.05, 0.1) is 6.54 Å². The van der Waals surface area contributed by atoms with Gasteiger partial charge in [0, 0.05) is 38.3 Å². The van der Waals surface area contributed by atoms with E-state index in [1.807, 2.05) is 11.8 Å². The molecule has 1 aromatic rings. The fourth-order valence-electron chi connectivity index (χ4n) is 2.53. The molecule has 24 heavy (non-hydrogen) atoms. The van der Waals surface area contributed by atoms with E-state index in [1.54, 1.807) is 4.90 Å². The Balaban J connectivity index is 1.85. The smallest absolute Gasteiger partial charge is 0.387 e. The van der Waals surface area contributed by atoms with Gasteiger partial charge in [-0.25, -0.2) is 0 Å². The molecule has 1 aliphatic heterocycles. The number of likely N-dealkylation sites (N-methyl/N-ethyl adjacent to an activating group) is 1. The summed E-state index contributed by atoms with van der Waals surface area (Å²) in [6.07, 6.45) is 0. The summed E-state index contributed by atoms with van der Waals surface area (Å²) in [7, 11) is 0. The average molecular weight is 341 g/mol. The van der Waals surface area contributed by atoms with Crippen molar-refractivity contribution in [3.63, 3.8) is 0 Å². The first-order valence-electron chi connectivity index (χ1n) is 7.82. The maximum Gasteiger partial charge on any atom is 0.387 e. The molecule has 0 atom stereocenters. The highest BCUT2D eigenvalue weighted by molar-refractivity contribution is 5.94. The molecule has 0 spiro atoms. The summed E-state index contributed by atoms with van der Waals surface area (Å²) in [5.74, 6) is -0.156. The van der Waals surface area contributed by atoms with Crippen LogP contribution in [-0.4, -0.2) is 67.5 Å². The molecule has 0 bridgehead atoms. The summed E-state index contributed by atoms with van der Waals surface area (Å²) >= 11 is 0. The highest BCUT2D eigenvalue weighted by Crippen LogP contribution is 2.16. The number of hydrogen-bond donors (Lipinski definition) is 1. The number of carbonyl (C=O) groups is 2. The van der Waals surface area contributed by atoms with E-state index in [1.165, 1.54) is 24.3 Å². The fourth-order valence-corrected chi connectivity index (χ4v) is 2.53. The van der Waals surface area contributed by atoms with Crippen molar-refractivity contribution in [2.24, 2.45) is 0 Å². The molecule has 8 heteroatoms. The number of amides is 2. The highest BCUT2D eigenvalue weighted by Gasteiger charge is 2.23. The van der Waals surface area contributed by atoms with Crippen LogP contribution in [0.3, 0.4) is 0 Å². The zero-order chi connectivity index (χ0) is 17.5. The second-order valence-corrected chi connectivity index (χ2v) is 5.42. The quantitative estimate of drug-likeness (QED) is 0.844. The van der Waals surface area contributed by atoms with Crippen LogP contribution in [0.25, 0.3) is 0 Å². The molecule has 2 rings (SSSR count). The molecule has 0 aromatic heterocycles. The van der Waals surface area contributed by atoms with Gasteiger partial charge in [-0.2, -0.15) is 8.78 Å². The number of benzene rings is 1. The maximum absolute atomic E-state index is 12.4. The molecule has 0 radical (unpaired) electrons. The van der Waals surface area contributed by atoms with Gasteiger partial charge in [-0.1, -0.05) is 0 Å². The number of ether oxygens (including phenoxy) is 1. The maximum atomic E-state index is 12.4. The largest absolute Gasteiger partial charge is 0.435 e. The SMILES string of the molecule is CCNC(=O)CN1CCN(C(=O)c2ccc(OC(F)F)cc2)CC1. The Hall–Kier alpha value is -2.22. The third kappa shape index (κ3) is 5.16. The van der Waals surface area contributed by atoms with E-state index in [-0.39, 0.29) is 17.6 Å². The Kier molecular flexibility index (Phi) is 6.48. The number of alkyl halides is 2. The van der Waals surface area contributed by atoms with Crippen LogP contribution in [0.1, 0.15) is 17.3 Å². The van der Waals surface area contributed by atoms with Crippen molar-refractivity contribution in [1.82, 2.24) is 15.1 Å². The summed E-state index contributed by atoms with van der Waals surface area (Å²) in [5, 5.41) is 2.74. The van der Waals surface area contributed by atoms with Gasteiger partial charge in [-0.15, -0.1) is 0 Å². The number of carbonyl (C=O) groups excluding carboxylic acids is 2. The molecular weight excluding hydrogens is 320 g/mol. The Morgan fingerprint density at radius 3 is 2.33 bits per heavy atom. The molecule has 0 aliphatic carbocycles. The number of halogens is 2. The summed E-state index contributed by atoms with van der Waals surface area (Å²) in [4.78, 5) is 27.6. The second kappa shape index (κ2) is 8.58. The van der Waals surface area contributed by atoms with E-state index in [2.05, 4.69) is 10.1 Å². The summed E-state index contributed by atoms with van der Waals surface area (Å²) in [6, 6.07) is 5.65. The van der Waals surface area contributed by atoms with Gasteiger partial charge in [-0.05, 0) is 31.2 Å². The van der Waals surface area contributed by atoms with Crippen LogP contribution >= 0.6 is 0 Å². The second-order valence-electron chi connectivity index (χ2n) is 5.42. The zero-order valence-corrected chi connectivity index (χ0v) is 13.5. The number of nitrogens with zero attached hydrogens (tertiary/aromatic N) is 2. The predicted octanol–water partition coefficient (Wildman–Crippen LogP) is 1.18. The van der Waals surface area contributed by atoms with Crippen LogP contribution in [0.2, 0.25) is 0 Å². The van der Waals surface area contributed by atoms with E-state index in [9.17, 15) is 18.4 Å². The predicted molar refractivity (Wildman–Crippen MR) is 84.1 cm³/mol. The molecule has 1 heterocycles. The number of hydrogen-bond acceptors (Lipinski definition) is 4. The summed E-state index contributed by atoms with van der Waals surface area (Å²) in [5.41, 5.74) is 0.425. The minimum absolute atomic E-state index is 0.0214. The molecule has 1 aromatic carbocycles. The Morgan fingerprint density at radius 1 is 1.17 bits per heavy atom. The van der Waals surface area contributed by atoms with Crippen molar-refractivity contribution in [2.45, 2.75) is 13.5 Å². The minimum atomic E-state index is -2.88. The summed E-state index contributed by atoms with van der Waals surface area (Å²) in [6.45, 7) is 2.19. The van der Waals surface area contributed by atoms with Crippen molar-refractivity contribution in [3.8, 4) is 5.75 Å². The van der Waals surface area contributed by atoms with Crippen LogP contribution in [-0.2, 0) is 4.79 Å². The molecular formula is C16H21F2N3O3. The minimum Gasteiger partial charge on any atom is -0.435 e. The van der Waals surface area contributed by atoms with Crippen LogP contribution < -0.4 is 10.1 Å². The third-order valence-corrected chi connectivity index (χ3v) is 3.73. The monoisotopic (exact) mass is 341 g/mol. The lowest BCUT2D eigenvalue weighted by atomic mass is 10.1. The van der Waals surface area contributed by atoms with E-state index in [0.717, 1.165) is 0 Å². The van der Waals surface area contributed by atoms with E-state index in [4.69, 9.17) is 0 Å². The topological polar surface area (TPSA) is 61.9 Å². The van der Waals surface area contributed by atoms with Gasteiger partial charge in [0.1, 0.15) is 5.75 Å². The van der Waals surface area contributed by atoms with Gasteiger partial charge >= 0.3 is 6.61 Å². The van der Waals surface area contributed by atoms with Crippen LogP contribution in [0.5, 0.6) is 5.75 Å². The van der Waals surface area contributed by atoms with Gasteiger partial charge in [0.2, 0.25) is 5.91 Å². The average Bonchev–Trinajstić information content (AvgIpc) is 2.55. The zero-order valence-electron chi connectivity index (χ0n) is 13.5. The number of piperazine rings is 1. The van der Waals surface area contributed by atoms with Crippen LogP contribution in [0.15, 0.2) is 24.3 Å². The molecule has 6 nitrogen and oxygen atoms in total. The molecule has 0 unspecified atom stereocenters. The molecule has 0 saturated carbocycles. The molecule has 1 N–H and O–H groups in total. The van der Waals surface area contributed by atoms with E-state index < -0.39 is 6.61 Å². The first-order valence-corrected chi connectivity index (χ1v) is 7.82. The molecule has 2 amide bonds. The Morgan fingerprint density at radius 2 is 1.79 bits per heavy atom. The number of rotatable bonds is 6. The lowest BCUT2D eigenvalue weighted by Crippen LogP contribution is -2.51. The van der Waals surface area contributed by atoms with E-state index >= 15 is 0 Å². The fraction of sp³-hybridized carbons (Fsp3) is 0.500. The third-order valence-electron chi connectivity index (χ3n) is 3.73. The highest BCUT2D eigenvalue weighted by atomic mass is 19.3. The lowest BCUT2D eigenvalue weighted by molar-refractivity contribution is -0.122. The first-order chi connectivity index (χ1) is 11.5. The lowest BCUT2D eigenvalue weighted by Gasteiger charge is -2.34. The van der Waals surface area contributed by atoms with Gasteiger partial charge < -0.3 is 15.0 Å². The standard InChI is InChI=1S/C16H21F2N3O3/c1-2-19-14(22)11-20-7-9-21(10-8-20)15(23)12-3-5-13(6-4-12)24-16(17)18/h3-6,16H,2,7-11H2,1H3,(H,19,22). The van der Waals surface area contributed by atoms with Gasteiger partial charge in [0.25, 0.3) is 5.91 Å². The van der Waals surface area contributed by atoms with Crippen molar-refractivity contribution >= 4 is 11.8 Å². The molecule has 1 fully saturated rings. The Labute approximate surface area is 139 Å². The number of nitrogens with one attached hydrogen (secondary N) is 1. The van der Waals surface area contributed by atoms with Crippen molar-refractivity contribution in [3.05, 3.63) is 29.8 Å². The van der Waals surface area contributed by atoms with Crippen LogP contribution in [0, 0.1) is 0 Å². The summed E-state index contributed by atoms with van der Waals surface area (Å²) < 4.78 is 28.5.